The van der Waals surface area contributed by atoms with Crippen LogP contribution in [0.5, 0.6) is 0 Å². The Kier molecular flexibility index (Phi) is 4.62. The van der Waals surface area contributed by atoms with Crippen LogP contribution in [-0.4, -0.2) is 48.5 Å². The summed E-state index contributed by atoms with van der Waals surface area (Å²) < 4.78 is 5.39. The summed E-state index contributed by atoms with van der Waals surface area (Å²) >= 11 is 0. The first-order chi connectivity index (χ1) is 7.81. The fourth-order valence-corrected chi connectivity index (χ4v) is 3.14. The van der Waals surface area contributed by atoms with E-state index in [-0.39, 0.29) is 6.10 Å². The summed E-state index contributed by atoms with van der Waals surface area (Å²) in [6, 6.07) is 0.417. The topological polar surface area (TPSA) is 32.7 Å². The zero-order valence-corrected chi connectivity index (χ0v) is 10.4. The van der Waals surface area contributed by atoms with E-state index in [1.165, 1.54) is 25.7 Å². The highest BCUT2D eigenvalue weighted by atomic mass is 16.5. The molecular weight excluding hydrogens is 202 g/mol. The molecule has 3 heteroatoms. The molecule has 2 aliphatic rings. The lowest BCUT2D eigenvalue weighted by molar-refractivity contribution is -0.00902. The minimum atomic E-state index is -0.0957. The smallest absolute Gasteiger partial charge is 0.0695 e. The molecule has 0 aromatic carbocycles. The van der Waals surface area contributed by atoms with Crippen molar-refractivity contribution in [2.45, 2.75) is 63.2 Å². The standard InChI is InChI=1S/C13H25NO2/c1-16-11-7-9-14(10-8-11)12-5-3-2-4-6-13(12)15/h11-13,15H,2-10H2,1H3. The van der Waals surface area contributed by atoms with Crippen molar-refractivity contribution < 1.29 is 9.84 Å². The van der Waals surface area contributed by atoms with Crippen molar-refractivity contribution in [3.63, 3.8) is 0 Å². The van der Waals surface area contributed by atoms with Gasteiger partial charge in [-0.05, 0) is 25.7 Å². The van der Waals surface area contributed by atoms with Gasteiger partial charge in [-0.15, -0.1) is 0 Å². The first-order valence-corrected chi connectivity index (χ1v) is 6.76. The molecular formula is C13H25NO2. The van der Waals surface area contributed by atoms with E-state index in [4.69, 9.17) is 4.74 Å². The third-order valence-electron chi connectivity index (χ3n) is 4.22. The minimum absolute atomic E-state index is 0.0957. The van der Waals surface area contributed by atoms with Gasteiger partial charge in [0.05, 0.1) is 12.2 Å². The first kappa shape index (κ1) is 12.3. The second-order valence-corrected chi connectivity index (χ2v) is 5.24. The number of ether oxygens (including phenoxy) is 1. The van der Waals surface area contributed by atoms with Gasteiger partial charge in [0, 0.05) is 26.2 Å². The van der Waals surface area contributed by atoms with Crippen molar-refractivity contribution in [2.75, 3.05) is 20.2 Å². The summed E-state index contributed by atoms with van der Waals surface area (Å²) in [7, 11) is 1.81. The number of hydrogen-bond donors (Lipinski definition) is 1. The lowest BCUT2D eigenvalue weighted by Crippen LogP contribution is -2.48. The molecule has 1 aliphatic carbocycles. The van der Waals surface area contributed by atoms with E-state index in [0.717, 1.165) is 32.4 Å². The van der Waals surface area contributed by atoms with Crippen LogP contribution in [-0.2, 0) is 4.74 Å². The summed E-state index contributed by atoms with van der Waals surface area (Å²) in [4.78, 5) is 2.49. The monoisotopic (exact) mass is 227 g/mol. The molecule has 3 nitrogen and oxygen atoms in total. The van der Waals surface area contributed by atoms with Crippen LogP contribution in [0.3, 0.4) is 0 Å². The van der Waals surface area contributed by atoms with Gasteiger partial charge < -0.3 is 9.84 Å². The van der Waals surface area contributed by atoms with E-state index < -0.39 is 0 Å². The summed E-state index contributed by atoms with van der Waals surface area (Å²) in [6.07, 6.45) is 8.55. The summed E-state index contributed by atoms with van der Waals surface area (Å²) in [6.45, 7) is 2.19. The molecule has 1 saturated carbocycles. The number of piperidine rings is 1. The van der Waals surface area contributed by atoms with Crippen molar-refractivity contribution in [1.29, 1.82) is 0 Å². The van der Waals surface area contributed by atoms with Crippen molar-refractivity contribution in [2.24, 2.45) is 0 Å². The Balaban J connectivity index is 1.86. The molecule has 2 rings (SSSR count). The van der Waals surface area contributed by atoms with Gasteiger partial charge in [0.1, 0.15) is 0 Å². The summed E-state index contributed by atoms with van der Waals surface area (Å²) in [5, 5.41) is 10.2. The average Bonchev–Trinajstić information content (AvgIpc) is 2.54. The molecule has 0 aromatic rings. The van der Waals surface area contributed by atoms with E-state index in [2.05, 4.69) is 4.90 Å². The third-order valence-corrected chi connectivity index (χ3v) is 4.22. The molecule has 16 heavy (non-hydrogen) atoms. The van der Waals surface area contributed by atoms with Crippen molar-refractivity contribution in [3.8, 4) is 0 Å². The highest BCUT2D eigenvalue weighted by molar-refractivity contribution is 4.85. The van der Waals surface area contributed by atoms with Crippen LogP contribution in [0, 0.1) is 0 Å². The first-order valence-electron chi connectivity index (χ1n) is 6.76. The molecule has 0 amide bonds. The largest absolute Gasteiger partial charge is 0.391 e. The van der Waals surface area contributed by atoms with Crippen LogP contribution in [0.4, 0.5) is 0 Å². The highest BCUT2D eigenvalue weighted by Crippen LogP contribution is 2.25. The molecule has 0 aromatic heterocycles. The molecule has 0 radical (unpaired) electrons. The van der Waals surface area contributed by atoms with Gasteiger partial charge in [-0.3, -0.25) is 4.90 Å². The third kappa shape index (κ3) is 2.96. The zero-order chi connectivity index (χ0) is 11.4. The van der Waals surface area contributed by atoms with E-state index in [9.17, 15) is 5.11 Å². The second kappa shape index (κ2) is 5.99. The van der Waals surface area contributed by atoms with Crippen LogP contribution in [0.25, 0.3) is 0 Å². The van der Waals surface area contributed by atoms with Gasteiger partial charge in [-0.25, -0.2) is 0 Å². The molecule has 0 bridgehead atoms. The Bertz CT molecular complexity index is 202. The van der Waals surface area contributed by atoms with Crippen molar-refractivity contribution in [1.82, 2.24) is 4.90 Å². The molecule has 2 atom stereocenters. The van der Waals surface area contributed by atoms with Crippen molar-refractivity contribution >= 4 is 0 Å². The number of aliphatic hydroxyl groups excluding tert-OH is 1. The maximum atomic E-state index is 10.2. The number of hydrogen-bond acceptors (Lipinski definition) is 3. The van der Waals surface area contributed by atoms with E-state index in [0.29, 0.717) is 12.1 Å². The van der Waals surface area contributed by atoms with E-state index >= 15 is 0 Å². The predicted molar refractivity (Wildman–Crippen MR) is 64.5 cm³/mol. The lowest BCUT2D eigenvalue weighted by Gasteiger charge is -2.38. The fraction of sp³-hybridized carbons (Fsp3) is 1.00. The molecule has 1 N–H and O–H groups in total. The normalized spacial score (nSPS) is 34.9. The Morgan fingerprint density at radius 2 is 1.69 bits per heavy atom. The average molecular weight is 227 g/mol. The summed E-state index contributed by atoms with van der Waals surface area (Å²) in [5.41, 5.74) is 0. The molecule has 1 aliphatic heterocycles. The van der Waals surface area contributed by atoms with E-state index in [1.54, 1.807) is 7.11 Å². The molecule has 2 fully saturated rings. The molecule has 2 unspecified atom stereocenters. The lowest BCUT2D eigenvalue weighted by atomic mass is 9.99. The maximum absolute atomic E-state index is 10.2. The quantitative estimate of drug-likeness (QED) is 0.730. The molecule has 94 valence electrons. The van der Waals surface area contributed by atoms with Gasteiger partial charge in [0.25, 0.3) is 0 Å². The molecule has 0 spiro atoms. The molecule has 1 heterocycles. The Morgan fingerprint density at radius 1 is 1.00 bits per heavy atom. The Morgan fingerprint density at radius 3 is 2.38 bits per heavy atom. The number of rotatable bonds is 2. The van der Waals surface area contributed by atoms with Crippen LogP contribution in [0.2, 0.25) is 0 Å². The van der Waals surface area contributed by atoms with E-state index in [1.807, 2.05) is 0 Å². The zero-order valence-electron chi connectivity index (χ0n) is 10.4. The minimum Gasteiger partial charge on any atom is -0.391 e. The number of nitrogens with zero attached hydrogens (tertiary/aromatic N) is 1. The van der Waals surface area contributed by atoms with Crippen LogP contribution < -0.4 is 0 Å². The highest BCUT2D eigenvalue weighted by Gasteiger charge is 2.30. The SMILES string of the molecule is COC1CCN(C2CCCCCC2O)CC1. The van der Waals surface area contributed by atoms with Crippen molar-refractivity contribution in [3.05, 3.63) is 0 Å². The van der Waals surface area contributed by atoms with Gasteiger partial charge in [0.2, 0.25) is 0 Å². The maximum Gasteiger partial charge on any atom is 0.0695 e. The van der Waals surface area contributed by atoms with Gasteiger partial charge in [0.15, 0.2) is 0 Å². The van der Waals surface area contributed by atoms with Crippen LogP contribution in [0.1, 0.15) is 44.9 Å². The second-order valence-electron chi connectivity index (χ2n) is 5.24. The predicted octanol–water partition coefficient (Wildman–Crippen LogP) is 1.79. The van der Waals surface area contributed by atoms with Crippen LogP contribution >= 0.6 is 0 Å². The van der Waals surface area contributed by atoms with Gasteiger partial charge in [-0.1, -0.05) is 19.3 Å². The van der Waals surface area contributed by atoms with Gasteiger partial charge >= 0.3 is 0 Å². The summed E-state index contributed by atoms with van der Waals surface area (Å²) in [5.74, 6) is 0. The number of likely N-dealkylation sites (tertiary alicyclic amines) is 1. The number of aliphatic hydroxyl groups is 1. The fourth-order valence-electron chi connectivity index (χ4n) is 3.14. The molecule has 1 saturated heterocycles. The Hall–Kier alpha value is -0.120. The van der Waals surface area contributed by atoms with Gasteiger partial charge in [-0.2, -0.15) is 0 Å². The Labute approximate surface area is 98.8 Å². The van der Waals surface area contributed by atoms with Crippen LogP contribution in [0.15, 0.2) is 0 Å². The number of methoxy groups -OCH3 is 1.